The number of hydrogen-bond acceptors (Lipinski definition) is 3. The molecule has 0 radical (unpaired) electrons. The Morgan fingerprint density at radius 2 is 1.74 bits per heavy atom. The van der Waals surface area contributed by atoms with E-state index in [0.29, 0.717) is 18.8 Å². The first-order valence-electron chi connectivity index (χ1n) is 7.17. The highest BCUT2D eigenvalue weighted by Gasteiger charge is 2.43. The number of rotatable bonds is 3. The molecule has 1 heterocycles. The summed E-state index contributed by atoms with van der Waals surface area (Å²) in [6.45, 7) is 2.14. The third kappa shape index (κ3) is 3.44. The van der Waals surface area contributed by atoms with Crippen molar-refractivity contribution in [3.63, 3.8) is 0 Å². The van der Waals surface area contributed by atoms with Crippen LogP contribution in [-0.4, -0.2) is 34.0 Å². The second-order valence-electron chi connectivity index (χ2n) is 5.95. The minimum Gasteiger partial charge on any atom is -0.480 e. The lowest BCUT2D eigenvalue weighted by molar-refractivity contribution is -0.150. The Morgan fingerprint density at radius 1 is 1.16 bits per heavy atom. The molecular weight excluding hydrogens is 262 g/mol. The molecule has 4 nitrogen and oxygen atoms in total. The molecule has 0 spiro atoms. The molecule has 0 unspecified atom stereocenters. The number of thioether (sulfide) groups is 1. The van der Waals surface area contributed by atoms with Gasteiger partial charge in [0.2, 0.25) is 5.91 Å². The molecule has 1 amide bonds. The Bertz CT molecular complexity index is 345. The molecular formula is C14H23NO3S. The average molecular weight is 285 g/mol. The van der Waals surface area contributed by atoms with Crippen molar-refractivity contribution in [2.24, 2.45) is 11.8 Å². The van der Waals surface area contributed by atoms with E-state index in [2.05, 4.69) is 12.2 Å². The molecule has 0 aromatic heterocycles. The molecule has 2 N–H and O–H groups in total. The summed E-state index contributed by atoms with van der Waals surface area (Å²) in [4.78, 5) is 23.9. The van der Waals surface area contributed by atoms with Gasteiger partial charge in [-0.25, -0.2) is 4.79 Å². The fourth-order valence-electron chi connectivity index (χ4n) is 2.94. The van der Waals surface area contributed by atoms with Crippen LogP contribution in [0.25, 0.3) is 0 Å². The van der Waals surface area contributed by atoms with Gasteiger partial charge >= 0.3 is 5.97 Å². The lowest BCUT2D eigenvalue weighted by Gasteiger charge is -2.37. The average Bonchev–Trinajstić information content (AvgIpc) is 2.42. The van der Waals surface area contributed by atoms with Crippen molar-refractivity contribution in [2.45, 2.75) is 51.0 Å². The number of nitrogens with one attached hydrogen (secondary N) is 1. The molecule has 0 aromatic rings. The van der Waals surface area contributed by atoms with Crippen molar-refractivity contribution in [1.29, 1.82) is 0 Å². The van der Waals surface area contributed by atoms with Crippen molar-refractivity contribution in [2.75, 3.05) is 11.5 Å². The van der Waals surface area contributed by atoms with E-state index in [1.54, 1.807) is 0 Å². The van der Waals surface area contributed by atoms with Gasteiger partial charge in [0.25, 0.3) is 0 Å². The number of carboxylic acids is 1. The van der Waals surface area contributed by atoms with Crippen LogP contribution in [-0.2, 0) is 9.59 Å². The van der Waals surface area contributed by atoms with E-state index in [9.17, 15) is 14.7 Å². The number of carboxylic acid groups (broad SMARTS) is 1. The molecule has 0 aromatic carbocycles. The van der Waals surface area contributed by atoms with Gasteiger partial charge in [0.1, 0.15) is 5.54 Å². The summed E-state index contributed by atoms with van der Waals surface area (Å²) in [6.07, 6.45) is 4.65. The quantitative estimate of drug-likeness (QED) is 0.835. The molecule has 0 atom stereocenters. The van der Waals surface area contributed by atoms with Crippen molar-refractivity contribution in [3.05, 3.63) is 0 Å². The lowest BCUT2D eigenvalue weighted by Crippen LogP contribution is -2.57. The third-order valence-electron chi connectivity index (χ3n) is 4.49. The minimum atomic E-state index is -1.01. The van der Waals surface area contributed by atoms with Gasteiger partial charge in [-0.2, -0.15) is 11.8 Å². The minimum absolute atomic E-state index is 0.0109. The van der Waals surface area contributed by atoms with Crippen LogP contribution in [0.1, 0.15) is 45.4 Å². The smallest absolute Gasteiger partial charge is 0.329 e. The largest absolute Gasteiger partial charge is 0.480 e. The summed E-state index contributed by atoms with van der Waals surface area (Å²) in [5.41, 5.74) is -1.01. The maximum absolute atomic E-state index is 12.3. The van der Waals surface area contributed by atoms with Gasteiger partial charge in [-0.05, 0) is 55.9 Å². The monoisotopic (exact) mass is 285 g/mol. The first kappa shape index (κ1) is 14.7. The molecule has 1 saturated carbocycles. The van der Waals surface area contributed by atoms with Crippen LogP contribution < -0.4 is 5.32 Å². The summed E-state index contributed by atoms with van der Waals surface area (Å²) in [7, 11) is 0. The summed E-state index contributed by atoms with van der Waals surface area (Å²) in [6, 6.07) is 0. The zero-order valence-electron chi connectivity index (χ0n) is 11.5. The molecule has 19 heavy (non-hydrogen) atoms. The van der Waals surface area contributed by atoms with Crippen molar-refractivity contribution < 1.29 is 14.7 Å². The molecule has 2 aliphatic rings. The summed E-state index contributed by atoms with van der Waals surface area (Å²) < 4.78 is 0. The van der Waals surface area contributed by atoms with E-state index in [-0.39, 0.29) is 11.8 Å². The summed E-state index contributed by atoms with van der Waals surface area (Å²) in [5.74, 6) is 1.69. The molecule has 5 heteroatoms. The first-order chi connectivity index (χ1) is 9.03. The highest BCUT2D eigenvalue weighted by Crippen LogP contribution is 2.33. The van der Waals surface area contributed by atoms with E-state index in [0.717, 1.165) is 37.2 Å². The number of carbonyl (C=O) groups is 2. The van der Waals surface area contributed by atoms with Gasteiger partial charge in [-0.15, -0.1) is 0 Å². The Kier molecular flexibility index (Phi) is 4.76. The number of carbonyl (C=O) groups excluding carboxylic acids is 1. The van der Waals surface area contributed by atoms with Crippen LogP contribution in [0.4, 0.5) is 0 Å². The number of amides is 1. The van der Waals surface area contributed by atoms with E-state index in [4.69, 9.17) is 0 Å². The van der Waals surface area contributed by atoms with Gasteiger partial charge < -0.3 is 10.4 Å². The number of hydrogen-bond donors (Lipinski definition) is 2. The van der Waals surface area contributed by atoms with E-state index >= 15 is 0 Å². The Morgan fingerprint density at radius 3 is 2.26 bits per heavy atom. The second kappa shape index (κ2) is 6.16. The van der Waals surface area contributed by atoms with Gasteiger partial charge in [0.15, 0.2) is 0 Å². The molecule has 1 aliphatic heterocycles. The highest BCUT2D eigenvalue weighted by molar-refractivity contribution is 7.99. The predicted molar refractivity (Wildman–Crippen MR) is 76.2 cm³/mol. The zero-order valence-corrected chi connectivity index (χ0v) is 12.3. The standard InChI is InChI=1S/C14H23NO3S/c1-10-2-6-14(7-3-10,13(17)18)15-12(16)11-4-8-19-9-5-11/h10-11H,2-9H2,1H3,(H,15,16)(H,17,18). The van der Waals surface area contributed by atoms with Gasteiger partial charge in [-0.1, -0.05) is 6.92 Å². The van der Waals surface area contributed by atoms with Gasteiger partial charge in [-0.3, -0.25) is 4.79 Å². The fraction of sp³-hybridized carbons (Fsp3) is 0.857. The Hall–Kier alpha value is -0.710. The summed E-state index contributed by atoms with van der Waals surface area (Å²) in [5, 5.41) is 12.4. The van der Waals surface area contributed by atoms with Gasteiger partial charge in [0.05, 0.1) is 0 Å². The first-order valence-corrected chi connectivity index (χ1v) is 8.32. The zero-order chi connectivity index (χ0) is 13.9. The molecule has 1 aliphatic carbocycles. The lowest BCUT2D eigenvalue weighted by atomic mass is 9.76. The predicted octanol–water partition coefficient (Wildman–Crippen LogP) is 2.28. The maximum atomic E-state index is 12.3. The summed E-state index contributed by atoms with van der Waals surface area (Å²) >= 11 is 1.87. The van der Waals surface area contributed by atoms with Crippen molar-refractivity contribution in [3.8, 4) is 0 Å². The van der Waals surface area contributed by atoms with Crippen LogP contribution in [0.15, 0.2) is 0 Å². The second-order valence-corrected chi connectivity index (χ2v) is 7.17. The normalized spacial score (nSPS) is 32.8. The van der Waals surface area contributed by atoms with Crippen LogP contribution >= 0.6 is 11.8 Å². The van der Waals surface area contributed by atoms with Crippen LogP contribution in [0.3, 0.4) is 0 Å². The molecule has 2 fully saturated rings. The fourth-order valence-corrected chi connectivity index (χ4v) is 4.05. The van der Waals surface area contributed by atoms with Crippen molar-refractivity contribution >= 4 is 23.6 Å². The molecule has 0 bridgehead atoms. The molecule has 2 rings (SSSR count). The van der Waals surface area contributed by atoms with Gasteiger partial charge in [0, 0.05) is 5.92 Å². The topological polar surface area (TPSA) is 66.4 Å². The SMILES string of the molecule is CC1CCC(NC(=O)C2CCSCC2)(C(=O)O)CC1. The third-order valence-corrected chi connectivity index (χ3v) is 5.54. The van der Waals surface area contributed by atoms with Crippen LogP contribution in [0, 0.1) is 11.8 Å². The molecule has 1 saturated heterocycles. The van der Waals surface area contributed by atoms with E-state index in [1.165, 1.54) is 0 Å². The van der Waals surface area contributed by atoms with E-state index in [1.807, 2.05) is 11.8 Å². The molecule has 108 valence electrons. The van der Waals surface area contributed by atoms with E-state index < -0.39 is 11.5 Å². The Balaban J connectivity index is 2.00. The van der Waals surface area contributed by atoms with Crippen molar-refractivity contribution in [1.82, 2.24) is 5.32 Å². The Labute approximate surface area is 118 Å². The maximum Gasteiger partial charge on any atom is 0.329 e. The van der Waals surface area contributed by atoms with Crippen LogP contribution in [0.2, 0.25) is 0 Å². The highest BCUT2D eigenvalue weighted by atomic mass is 32.2. The van der Waals surface area contributed by atoms with Crippen LogP contribution in [0.5, 0.6) is 0 Å². The number of aliphatic carboxylic acids is 1.